The first-order chi connectivity index (χ1) is 7.76. The molecule has 0 aromatic heterocycles. The van der Waals surface area contributed by atoms with Gasteiger partial charge < -0.3 is 18.9 Å². The molecule has 16 heavy (non-hydrogen) atoms. The van der Waals surface area contributed by atoms with Crippen molar-refractivity contribution in [3.8, 4) is 17.2 Å². The number of hydrogen-bond acceptors (Lipinski definition) is 5. The van der Waals surface area contributed by atoms with E-state index >= 15 is 0 Å². The SMILES string of the molecule is COc1cc(OC)c(OC)cc1CO[C]=O. The summed E-state index contributed by atoms with van der Waals surface area (Å²) in [6, 6.07) is 3.36. The topological polar surface area (TPSA) is 54.0 Å². The molecule has 1 aromatic rings. The zero-order valence-corrected chi connectivity index (χ0v) is 9.40. The fraction of sp³-hybridized carbons (Fsp3) is 0.364. The van der Waals surface area contributed by atoms with Gasteiger partial charge in [-0.2, -0.15) is 0 Å². The van der Waals surface area contributed by atoms with Gasteiger partial charge in [0.15, 0.2) is 11.5 Å². The van der Waals surface area contributed by atoms with Gasteiger partial charge in [0.1, 0.15) is 12.4 Å². The van der Waals surface area contributed by atoms with Gasteiger partial charge in [-0.05, 0) is 6.07 Å². The number of ether oxygens (including phenoxy) is 4. The monoisotopic (exact) mass is 225 g/mol. The molecule has 1 rings (SSSR count). The molecule has 0 bridgehead atoms. The molecule has 0 N–H and O–H groups in total. The van der Waals surface area contributed by atoms with Crippen LogP contribution in [0.1, 0.15) is 5.56 Å². The molecule has 0 atom stereocenters. The number of carbonyl (C=O) groups excluding carboxylic acids is 1. The summed E-state index contributed by atoms with van der Waals surface area (Å²) in [4.78, 5) is 10.0. The molecule has 1 aromatic carbocycles. The van der Waals surface area contributed by atoms with Crippen LogP contribution >= 0.6 is 0 Å². The highest BCUT2D eigenvalue weighted by atomic mass is 16.5. The summed E-state index contributed by atoms with van der Waals surface area (Å²) in [5, 5.41) is 0. The second-order valence-electron chi connectivity index (χ2n) is 2.89. The molecule has 0 unspecified atom stereocenters. The van der Waals surface area contributed by atoms with E-state index in [1.165, 1.54) is 27.8 Å². The summed E-state index contributed by atoms with van der Waals surface area (Å²) in [5.41, 5.74) is 0.684. The molecule has 0 aliphatic rings. The lowest BCUT2D eigenvalue weighted by Gasteiger charge is -2.13. The molecule has 0 saturated carbocycles. The standard InChI is InChI=1S/C11H13O5/c1-13-9-5-11(15-3)10(14-2)4-8(9)6-16-7-12/h4-5H,6H2,1-3H3. The summed E-state index contributed by atoms with van der Waals surface area (Å²) < 4.78 is 19.9. The van der Waals surface area contributed by atoms with Gasteiger partial charge >= 0.3 is 6.47 Å². The van der Waals surface area contributed by atoms with Gasteiger partial charge in [-0.25, -0.2) is 4.79 Å². The Morgan fingerprint density at radius 1 is 1.00 bits per heavy atom. The number of methoxy groups -OCH3 is 3. The highest BCUT2D eigenvalue weighted by molar-refractivity contribution is 5.51. The van der Waals surface area contributed by atoms with Crippen LogP contribution in [0.4, 0.5) is 0 Å². The molecule has 0 spiro atoms. The zero-order chi connectivity index (χ0) is 12.0. The van der Waals surface area contributed by atoms with Gasteiger partial charge in [0, 0.05) is 11.6 Å². The third-order valence-corrected chi connectivity index (χ3v) is 2.07. The minimum Gasteiger partial charge on any atom is -0.496 e. The van der Waals surface area contributed by atoms with E-state index in [9.17, 15) is 4.79 Å². The average Bonchev–Trinajstić information content (AvgIpc) is 2.35. The summed E-state index contributed by atoms with van der Waals surface area (Å²) in [6.07, 6.45) is 0. The van der Waals surface area contributed by atoms with Crippen LogP contribution in [-0.4, -0.2) is 27.8 Å². The largest absolute Gasteiger partial charge is 0.496 e. The minimum absolute atomic E-state index is 0.0764. The average molecular weight is 225 g/mol. The van der Waals surface area contributed by atoms with Crippen LogP contribution < -0.4 is 14.2 Å². The van der Waals surface area contributed by atoms with Gasteiger partial charge in [0.25, 0.3) is 0 Å². The Bertz CT molecular complexity index is 362. The van der Waals surface area contributed by atoms with E-state index in [4.69, 9.17) is 14.2 Å². The predicted molar refractivity (Wildman–Crippen MR) is 56.6 cm³/mol. The maximum absolute atomic E-state index is 10.0. The molecule has 5 nitrogen and oxygen atoms in total. The lowest BCUT2D eigenvalue weighted by molar-refractivity contribution is 0.259. The maximum atomic E-state index is 10.0. The van der Waals surface area contributed by atoms with Crippen molar-refractivity contribution in [2.45, 2.75) is 6.61 Å². The van der Waals surface area contributed by atoms with Crippen molar-refractivity contribution in [1.82, 2.24) is 0 Å². The smallest absolute Gasteiger partial charge is 0.417 e. The number of benzene rings is 1. The Balaban J connectivity index is 3.09. The molecular formula is C11H13O5. The minimum atomic E-state index is 0.0764. The summed E-state index contributed by atoms with van der Waals surface area (Å²) in [5.74, 6) is 1.67. The summed E-state index contributed by atoms with van der Waals surface area (Å²) in [6.45, 7) is 1.43. The highest BCUT2D eigenvalue weighted by Crippen LogP contribution is 2.34. The van der Waals surface area contributed by atoms with Crippen molar-refractivity contribution < 1.29 is 23.7 Å². The molecule has 0 amide bonds. The fourth-order valence-electron chi connectivity index (χ4n) is 1.31. The first kappa shape index (κ1) is 12.2. The van der Waals surface area contributed by atoms with Crippen LogP contribution in [0.25, 0.3) is 0 Å². The lowest BCUT2D eigenvalue weighted by Crippen LogP contribution is -1.98. The van der Waals surface area contributed by atoms with Crippen LogP contribution in [0.15, 0.2) is 12.1 Å². The highest BCUT2D eigenvalue weighted by Gasteiger charge is 2.11. The second kappa shape index (κ2) is 5.85. The molecule has 87 valence electrons. The van der Waals surface area contributed by atoms with Crippen LogP contribution in [0, 0.1) is 0 Å². The van der Waals surface area contributed by atoms with E-state index in [-0.39, 0.29) is 6.61 Å². The molecule has 0 fully saturated rings. The van der Waals surface area contributed by atoms with Crippen molar-refractivity contribution in [1.29, 1.82) is 0 Å². The third-order valence-electron chi connectivity index (χ3n) is 2.07. The fourth-order valence-corrected chi connectivity index (χ4v) is 1.31. The maximum Gasteiger partial charge on any atom is 0.417 e. The van der Waals surface area contributed by atoms with E-state index < -0.39 is 0 Å². The predicted octanol–water partition coefficient (Wildman–Crippen LogP) is 1.30. The Morgan fingerprint density at radius 3 is 2.06 bits per heavy atom. The van der Waals surface area contributed by atoms with E-state index in [0.717, 1.165) is 0 Å². The van der Waals surface area contributed by atoms with Gasteiger partial charge in [-0.3, -0.25) is 0 Å². The summed E-state index contributed by atoms with van der Waals surface area (Å²) in [7, 11) is 4.59. The van der Waals surface area contributed by atoms with Crippen molar-refractivity contribution >= 4 is 6.47 Å². The normalized spacial score (nSPS) is 9.44. The molecule has 1 radical (unpaired) electrons. The van der Waals surface area contributed by atoms with Gasteiger partial charge in [0.2, 0.25) is 0 Å². The molecule has 0 aliphatic carbocycles. The van der Waals surface area contributed by atoms with Crippen molar-refractivity contribution in [3.63, 3.8) is 0 Å². The quantitative estimate of drug-likeness (QED) is 0.730. The van der Waals surface area contributed by atoms with E-state index in [1.807, 2.05) is 0 Å². The molecular weight excluding hydrogens is 212 g/mol. The van der Waals surface area contributed by atoms with Crippen LogP contribution in [-0.2, 0) is 16.1 Å². The second-order valence-corrected chi connectivity index (χ2v) is 2.89. The van der Waals surface area contributed by atoms with Crippen LogP contribution in [0.2, 0.25) is 0 Å². The van der Waals surface area contributed by atoms with E-state index in [0.29, 0.717) is 22.8 Å². The molecule has 0 aliphatic heterocycles. The molecule has 5 heteroatoms. The van der Waals surface area contributed by atoms with Gasteiger partial charge in [-0.1, -0.05) is 0 Å². The summed E-state index contributed by atoms with van der Waals surface area (Å²) >= 11 is 0. The van der Waals surface area contributed by atoms with Crippen molar-refractivity contribution in [3.05, 3.63) is 17.7 Å². The van der Waals surface area contributed by atoms with Crippen molar-refractivity contribution in [2.75, 3.05) is 21.3 Å². The Hall–Kier alpha value is -1.91. The van der Waals surface area contributed by atoms with Crippen molar-refractivity contribution in [2.24, 2.45) is 0 Å². The zero-order valence-electron chi connectivity index (χ0n) is 9.40. The Labute approximate surface area is 93.9 Å². The van der Waals surface area contributed by atoms with Crippen LogP contribution in [0.5, 0.6) is 17.2 Å². The van der Waals surface area contributed by atoms with E-state index in [2.05, 4.69) is 4.74 Å². The molecule has 0 saturated heterocycles. The first-order valence-corrected chi connectivity index (χ1v) is 4.54. The Morgan fingerprint density at radius 2 is 1.56 bits per heavy atom. The Kier molecular flexibility index (Phi) is 4.44. The van der Waals surface area contributed by atoms with E-state index in [1.54, 1.807) is 12.1 Å². The van der Waals surface area contributed by atoms with Gasteiger partial charge in [0.05, 0.1) is 21.3 Å². The number of hydrogen-bond donors (Lipinski definition) is 0. The third kappa shape index (κ3) is 2.56. The van der Waals surface area contributed by atoms with Crippen LogP contribution in [0.3, 0.4) is 0 Å². The number of rotatable bonds is 6. The lowest BCUT2D eigenvalue weighted by atomic mass is 10.2. The van der Waals surface area contributed by atoms with Gasteiger partial charge in [-0.15, -0.1) is 0 Å². The molecule has 0 heterocycles. The first-order valence-electron chi connectivity index (χ1n) is 4.54.